The number of esters is 2. The first-order valence-electron chi connectivity index (χ1n) is 23.1. The molecule has 0 saturated heterocycles. The Morgan fingerprint density at radius 1 is 0.458 bits per heavy atom. The van der Waals surface area contributed by atoms with Crippen molar-refractivity contribution in [3.8, 4) is 23.0 Å². The number of ether oxygens (including phenoxy) is 12. The minimum absolute atomic E-state index is 0.104. The van der Waals surface area contributed by atoms with Gasteiger partial charge in [0.1, 0.15) is 47.1 Å². The minimum atomic E-state index is -0.636. The average molecular weight is 999 g/mol. The molecule has 4 aromatic heterocycles. The quantitative estimate of drug-likeness (QED) is 0.0234. The Bertz CT molecular complexity index is 2630. The summed E-state index contributed by atoms with van der Waals surface area (Å²) in [4.78, 5) is 52.0. The van der Waals surface area contributed by atoms with Crippen LogP contribution in [0.5, 0.6) is 23.0 Å². The summed E-state index contributed by atoms with van der Waals surface area (Å²) in [5.74, 6) is 0.0567. The van der Waals surface area contributed by atoms with Crippen molar-refractivity contribution in [1.82, 2.24) is 8.80 Å². The molecule has 20 heteroatoms. The summed E-state index contributed by atoms with van der Waals surface area (Å²) in [6.07, 6.45) is 3.50. The summed E-state index contributed by atoms with van der Waals surface area (Å²) in [7, 11) is 5.56. The lowest BCUT2D eigenvalue weighted by Crippen LogP contribution is -2.15. The Morgan fingerprint density at radius 2 is 0.778 bits per heavy atom. The number of hydrogen-bond donors (Lipinski definition) is 2. The molecule has 0 saturated carbocycles. The SMILES string of the molecule is COC(=O)c1cc(C(=O)c2c(C)c(OC)c3c(OCCOCCOCCOCCOCCOCCOCCOc4cccn5c(C(=O)c6ccc(N)c(C(=O)OC)c6)c(C)c(OC)c45)cccn23)ccc1N. The highest BCUT2D eigenvalue weighted by Gasteiger charge is 2.28. The number of pyridine rings is 2. The van der Waals surface area contributed by atoms with Crippen LogP contribution in [0.15, 0.2) is 73.1 Å². The summed E-state index contributed by atoms with van der Waals surface area (Å²) in [5.41, 5.74) is 16.2. The predicted octanol–water partition coefficient (Wildman–Crippen LogP) is 5.58. The van der Waals surface area contributed by atoms with Crippen LogP contribution < -0.4 is 30.4 Å². The van der Waals surface area contributed by atoms with E-state index in [-0.39, 0.29) is 58.4 Å². The van der Waals surface area contributed by atoms with Crippen LogP contribution in [0.2, 0.25) is 0 Å². The van der Waals surface area contributed by atoms with Crippen molar-refractivity contribution in [3.05, 3.63) is 118 Å². The average Bonchev–Trinajstić information content (AvgIpc) is 3.86. The first-order valence-corrected chi connectivity index (χ1v) is 23.1. The van der Waals surface area contributed by atoms with E-state index >= 15 is 0 Å². The van der Waals surface area contributed by atoms with E-state index in [4.69, 9.17) is 68.3 Å². The number of rotatable bonds is 31. The van der Waals surface area contributed by atoms with E-state index in [1.807, 2.05) is 0 Å². The maximum Gasteiger partial charge on any atom is 0.339 e. The second-order valence-electron chi connectivity index (χ2n) is 15.8. The van der Waals surface area contributed by atoms with Crippen LogP contribution in [0.4, 0.5) is 11.4 Å². The zero-order chi connectivity index (χ0) is 51.6. The summed E-state index contributed by atoms with van der Waals surface area (Å²) in [6, 6.07) is 16.1. The van der Waals surface area contributed by atoms with E-state index in [2.05, 4.69) is 0 Å². The van der Waals surface area contributed by atoms with Gasteiger partial charge < -0.3 is 77.1 Å². The number of carbonyl (C=O) groups is 4. The number of hydrogen-bond acceptors (Lipinski definition) is 18. The van der Waals surface area contributed by atoms with E-state index in [1.165, 1.54) is 52.7 Å². The van der Waals surface area contributed by atoms with Gasteiger partial charge >= 0.3 is 11.9 Å². The monoisotopic (exact) mass is 998 g/mol. The number of benzene rings is 2. The summed E-state index contributed by atoms with van der Waals surface area (Å²) in [5, 5.41) is 0. The molecule has 2 aromatic carbocycles. The second kappa shape index (κ2) is 26.9. The Hall–Kier alpha value is -7.20. The molecule has 0 amide bonds. The minimum Gasteiger partial charge on any atom is -0.494 e. The molecule has 0 fully saturated rings. The fraction of sp³-hybridized carbons (Fsp3) is 0.385. The van der Waals surface area contributed by atoms with Gasteiger partial charge in [0, 0.05) is 46.0 Å². The number of nitrogen functional groups attached to an aromatic ring is 2. The number of methoxy groups -OCH3 is 4. The highest BCUT2D eigenvalue weighted by atomic mass is 16.6. The van der Waals surface area contributed by atoms with Crippen molar-refractivity contribution in [2.45, 2.75) is 13.8 Å². The Kier molecular flexibility index (Phi) is 20.2. The smallest absolute Gasteiger partial charge is 0.339 e. The van der Waals surface area contributed by atoms with Crippen LogP contribution in [-0.2, 0) is 37.9 Å². The highest BCUT2D eigenvalue weighted by molar-refractivity contribution is 6.13. The van der Waals surface area contributed by atoms with Gasteiger partial charge in [0.25, 0.3) is 0 Å². The fourth-order valence-electron chi connectivity index (χ4n) is 7.88. The zero-order valence-electron chi connectivity index (χ0n) is 41.4. The second-order valence-corrected chi connectivity index (χ2v) is 15.8. The first kappa shape index (κ1) is 54.1. The molecule has 6 aromatic rings. The molecule has 386 valence electrons. The lowest BCUT2D eigenvalue weighted by atomic mass is 10.0. The van der Waals surface area contributed by atoms with Crippen LogP contribution >= 0.6 is 0 Å². The van der Waals surface area contributed by atoms with Crippen molar-refractivity contribution in [2.75, 3.05) is 132 Å². The molecule has 0 aliphatic rings. The lowest BCUT2D eigenvalue weighted by Gasteiger charge is -2.11. The fourth-order valence-corrected chi connectivity index (χ4v) is 7.88. The van der Waals surface area contributed by atoms with Gasteiger partial charge in [0.05, 0.1) is 119 Å². The Morgan fingerprint density at radius 3 is 1.08 bits per heavy atom. The van der Waals surface area contributed by atoms with Crippen molar-refractivity contribution in [2.24, 2.45) is 0 Å². The van der Waals surface area contributed by atoms with Crippen LogP contribution in [-0.4, -0.2) is 153 Å². The molecular formula is C52H62N4O16. The third-order valence-electron chi connectivity index (χ3n) is 11.3. The number of nitrogens with zero attached hydrogens (tertiary/aromatic N) is 2. The Balaban J connectivity index is 0.787. The largest absolute Gasteiger partial charge is 0.494 e. The molecule has 4 heterocycles. The summed E-state index contributed by atoms with van der Waals surface area (Å²) in [6.45, 7) is 8.56. The number of anilines is 2. The van der Waals surface area contributed by atoms with Crippen LogP contribution in [0, 0.1) is 13.8 Å². The number of carbonyl (C=O) groups excluding carboxylic acids is 4. The summed E-state index contributed by atoms with van der Waals surface area (Å²) >= 11 is 0. The third kappa shape index (κ3) is 13.0. The molecule has 0 spiro atoms. The molecule has 0 atom stereocenters. The van der Waals surface area contributed by atoms with E-state index in [0.717, 1.165) is 0 Å². The van der Waals surface area contributed by atoms with E-state index in [1.54, 1.807) is 71.4 Å². The van der Waals surface area contributed by atoms with Gasteiger partial charge in [-0.3, -0.25) is 9.59 Å². The normalized spacial score (nSPS) is 11.2. The first-order chi connectivity index (χ1) is 35.0. The molecule has 0 aliphatic heterocycles. The van der Waals surface area contributed by atoms with Gasteiger partial charge in [-0.25, -0.2) is 9.59 Å². The van der Waals surface area contributed by atoms with Crippen molar-refractivity contribution in [1.29, 1.82) is 0 Å². The molecule has 0 aliphatic carbocycles. The maximum atomic E-state index is 13.8. The number of fused-ring (bicyclic) bond motifs is 2. The van der Waals surface area contributed by atoms with Crippen molar-refractivity contribution < 1.29 is 76.0 Å². The lowest BCUT2D eigenvalue weighted by molar-refractivity contribution is -0.0187. The third-order valence-corrected chi connectivity index (χ3v) is 11.3. The number of aromatic nitrogens is 2. The van der Waals surface area contributed by atoms with Gasteiger partial charge in [-0.15, -0.1) is 0 Å². The van der Waals surface area contributed by atoms with E-state index in [0.29, 0.717) is 136 Å². The highest BCUT2D eigenvalue weighted by Crippen LogP contribution is 2.39. The van der Waals surface area contributed by atoms with Gasteiger partial charge in [-0.05, 0) is 74.5 Å². The predicted molar refractivity (Wildman–Crippen MR) is 265 cm³/mol. The van der Waals surface area contributed by atoms with Gasteiger partial charge in [0.15, 0.2) is 11.5 Å². The van der Waals surface area contributed by atoms with Gasteiger partial charge in [-0.2, -0.15) is 0 Å². The van der Waals surface area contributed by atoms with Crippen molar-refractivity contribution >= 4 is 45.9 Å². The zero-order valence-corrected chi connectivity index (χ0v) is 41.4. The molecule has 4 N–H and O–H groups in total. The van der Waals surface area contributed by atoms with Crippen LogP contribution in [0.3, 0.4) is 0 Å². The van der Waals surface area contributed by atoms with Crippen molar-refractivity contribution in [3.63, 3.8) is 0 Å². The van der Waals surface area contributed by atoms with Crippen LogP contribution in [0.25, 0.3) is 11.0 Å². The van der Waals surface area contributed by atoms with Gasteiger partial charge in [0.2, 0.25) is 11.6 Å². The van der Waals surface area contributed by atoms with E-state index < -0.39 is 11.9 Å². The molecule has 0 radical (unpaired) electrons. The molecule has 6 rings (SSSR count). The molecular weight excluding hydrogens is 937 g/mol. The maximum absolute atomic E-state index is 13.8. The molecule has 0 unspecified atom stereocenters. The van der Waals surface area contributed by atoms with Crippen LogP contribution in [0.1, 0.15) is 63.9 Å². The number of ketones is 2. The number of nitrogens with two attached hydrogens (primary N) is 2. The topological polar surface area (TPSA) is 240 Å². The standard InChI is InChI=1S/C52H62N4O16/c1-33-43(47(57)35-11-13-39(53)37(31-35)51(59)63-5)55-15-7-9-41(45(55)49(33)61-3)71-29-27-69-25-23-67-21-19-65-17-18-66-20-22-68-24-26-70-28-30-72-42-10-8-16-56-44(34(2)50(62-4)46(42)56)48(58)36-12-14-40(54)38(32-36)52(60)64-6/h7-16,31-32H,17-30,53-54H2,1-6H3. The van der Waals surface area contributed by atoms with Gasteiger partial charge in [-0.1, -0.05) is 0 Å². The summed E-state index contributed by atoms with van der Waals surface area (Å²) < 4.78 is 70.4. The molecule has 20 nitrogen and oxygen atoms in total. The van der Waals surface area contributed by atoms with E-state index in [9.17, 15) is 19.2 Å². The molecule has 72 heavy (non-hydrogen) atoms. The molecule has 0 bridgehead atoms. The Labute approximate surface area is 416 Å².